The number of halogens is 3. The number of nitro groups is 1. The zero-order valence-corrected chi connectivity index (χ0v) is 11.5. The molecule has 6 nitrogen and oxygen atoms in total. The van der Waals surface area contributed by atoms with Gasteiger partial charge in [-0.15, -0.1) is 0 Å². The third-order valence-electron chi connectivity index (χ3n) is 2.63. The van der Waals surface area contributed by atoms with Crippen LogP contribution in [0.3, 0.4) is 0 Å². The molecule has 0 radical (unpaired) electrons. The molecule has 0 fully saturated rings. The van der Waals surface area contributed by atoms with Gasteiger partial charge in [-0.05, 0) is 26.2 Å². The second-order valence-corrected chi connectivity index (χ2v) is 4.78. The van der Waals surface area contributed by atoms with Gasteiger partial charge >= 0.3 is 6.18 Å². The highest BCUT2D eigenvalue weighted by atomic mass is 19.4. The predicted molar refractivity (Wildman–Crippen MR) is 71.1 cm³/mol. The molecule has 0 amide bonds. The Balaban J connectivity index is 2.90. The molecule has 0 aliphatic carbocycles. The average Bonchev–Trinajstić information content (AvgIpc) is 2.34. The SMILES string of the molecule is CN(C)C[C@@H](O)CNc1ccc(C(F)(F)F)cc1[N+](=O)[O-]. The van der Waals surface area contributed by atoms with Crippen LogP contribution in [0.15, 0.2) is 18.2 Å². The fourth-order valence-electron chi connectivity index (χ4n) is 1.72. The van der Waals surface area contributed by atoms with E-state index in [1.807, 2.05) is 0 Å². The fraction of sp³-hybridized carbons (Fsp3) is 0.500. The van der Waals surface area contributed by atoms with Crippen LogP contribution in [0.1, 0.15) is 5.56 Å². The first-order chi connectivity index (χ1) is 9.61. The Bertz CT molecular complexity index is 506. The number of rotatable bonds is 6. The van der Waals surface area contributed by atoms with Crippen LogP contribution in [0, 0.1) is 10.1 Å². The molecule has 9 heteroatoms. The van der Waals surface area contributed by atoms with Gasteiger partial charge in [-0.2, -0.15) is 13.2 Å². The van der Waals surface area contributed by atoms with Gasteiger partial charge in [-0.3, -0.25) is 10.1 Å². The van der Waals surface area contributed by atoms with Crippen LogP contribution in [0.5, 0.6) is 0 Å². The molecule has 21 heavy (non-hydrogen) atoms. The van der Waals surface area contributed by atoms with Gasteiger partial charge in [0.05, 0.1) is 16.6 Å². The molecule has 0 saturated heterocycles. The lowest BCUT2D eigenvalue weighted by molar-refractivity contribution is -0.384. The van der Waals surface area contributed by atoms with E-state index in [2.05, 4.69) is 5.32 Å². The molecule has 0 spiro atoms. The summed E-state index contributed by atoms with van der Waals surface area (Å²) >= 11 is 0. The largest absolute Gasteiger partial charge is 0.416 e. The molecule has 1 rings (SSSR count). The molecule has 1 aromatic carbocycles. The third kappa shape index (κ3) is 5.20. The normalized spacial score (nSPS) is 13.3. The molecular formula is C12H16F3N3O3. The van der Waals surface area contributed by atoms with Crippen molar-refractivity contribution in [2.24, 2.45) is 0 Å². The molecule has 118 valence electrons. The molecule has 1 atom stereocenters. The lowest BCUT2D eigenvalue weighted by Gasteiger charge is -2.17. The monoisotopic (exact) mass is 307 g/mol. The van der Waals surface area contributed by atoms with Crippen LogP contribution in [-0.2, 0) is 6.18 Å². The molecular weight excluding hydrogens is 291 g/mol. The number of nitro benzene ring substituents is 1. The van der Waals surface area contributed by atoms with Gasteiger partial charge in [0.2, 0.25) is 0 Å². The summed E-state index contributed by atoms with van der Waals surface area (Å²) < 4.78 is 37.6. The topological polar surface area (TPSA) is 78.6 Å². The molecule has 0 heterocycles. The summed E-state index contributed by atoms with van der Waals surface area (Å²) in [7, 11) is 3.48. The number of aliphatic hydroxyl groups is 1. The summed E-state index contributed by atoms with van der Waals surface area (Å²) in [5, 5.41) is 23.1. The summed E-state index contributed by atoms with van der Waals surface area (Å²) in [5.41, 5.74) is -1.83. The van der Waals surface area contributed by atoms with E-state index < -0.39 is 28.5 Å². The summed E-state index contributed by atoms with van der Waals surface area (Å²) in [6.45, 7) is 0.311. The minimum atomic E-state index is -4.65. The summed E-state index contributed by atoms with van der Waals surface area (Å²) in [5.74, 6) is 0. The zero-order valence-electron chi connectivity index (χ0n) is 11.5. The second-order valence-electron chi connectivity index (χ2n) is 4.78. The van der Waals surface area contributed by atoms with E-state index in [-0.39, 0.29) is 12.2 Å². The predicted octanol–water partition coefficient (Wildman–Crippen LogP) is 1.95. The van der Waals surface area contributed by atoms with Crippen molar-refractivity contribution in [1.29, 1.82) is 0 Å². The average molecular weight is 307 g/mol. The number of hydrogen-bond acceptors (Lipinski definition) is 5. The molecule has 2 N–H and O–H groups in total. The van der Waals surface area contributed by atoms with Gasteiger partial charge in [0.1, 0.15) is 5.69 Å². The van der Waals surface area contributed by atoms with Crippen molar-refractivity contribution in [1.82, 2.24) is 4.90 Å². The van der Waals surface area contributed by atoms with Crippen molar-refractivity contribution < 1.29 is 23.2 Å². The fourth-order valence-corrected chi connectivity index (χ4v) is 1.72. The highest BCUT2D eigenvalue weighted by molar-refractivity contribution is 5.63. The van der Waals surface area contributed by atoms with E-state index in [0.29, 0.717) is 12.6 Å². The van der Waals surface area contributed by atoms with Gasteiger partial charge in [0.25, 0.3) is 5.69 Å². The van der Waals surface area contributed by atoms with Gasteiger partial charge in [0.15, 0.2) is 0 Å². The van der Waals surface area contributed by atoms with Gasteiger partial charge < -0.3 is 15.3 Å². The number of aliphatic hydroxyl groups excluding tert-OH is 1. The maximum absolute atomic E-state index is 12.5. The molecule has 0 bridgehead atoms. The van der Waals surface area contributed by atoms with Gasteiger partial charge in [0, 0.05) is 19.2 Å². The minimum absolute atomic E-state index is 0.00954. The highest BCUT2D eigenvalue weighted by Gasteiger charge is 2.33. The lowest BCUT2D eigenvalue weighted by atomic mass is 10.1. The molecule has 0 aromatic heterocycles. The first-order valence-electron chi connectivity index (χ1n) is 6.03. The van der Waals surface area contributed by atoms with Crippen molar-refractivity contribution in [3.63, 3.8) is 0 Å². The van der Waals surface area contributed by atoms with E-state index in [0.717, 1.165) is 12.1 Å². The van der Waals surface area contributed by atoms with Crippen molar-refractivity contribution in [3.8, 4) is 0 Å². The Morgan fingerprint density at radius 3 is 2.52 bits per heavy atom. The Hall–Kier alpha value is -1.87. The van der Waals surface area contributed by atoms with E-state index in [1.165, 1.54) is 0 Å². The summed E-state index contributed by atoms with van der Waals surface area (Å²) in [4.78, 5) is 11.7. The van der Waals surface area contributed by atoms with E-state index >= 15 is 0 Å². The molecule has 0 aliphatic rings. The Morgan fingerprint density at radius 1 is 1.43 bits per heavy atom. The number of nitrogens with one attached hydrogen (secondary N) is 1. The number of alkyl halides is 3. The summed E-state index contributed by atoms with van der Waals surface area (Å²) in [6.07, 6.45) is -5.45. The van der Waals surface area contributed by atoms with Crippen LogP contribution in [0.25, 0.3) is 0 Å². The Morgan fingerprint density at radius 2 is 2.05 bits per heavy atom. The quantitative estimate of drug-likeness (QED) is 0.620. The molecule has 0 aliphatic heterocycles. The van der Waals surface area contributed by atoms with Crippen molar-refractivity contribution in [3.05, 3.63) is 33.9 Å². The number of hydrogen-bond donors (Lipinski definition) is 2. The Kier molecular flexibility index (Phi) is 5.50. The van der Waals surface area contributed by atoms with Crippen LogP contribution in [-0.4, -0.2) is 48.2 Å². The van der Waals surface area contributed by atoms with Crippen LogP contribution < -0.4 is 5.32 Å². The zero-order chi connectivity index (χ0) is 16.2. The second kappa shape index (κ2) is 6.72. The highest BCUT2D eigenvalue weighted by Crippen LogP contribution is 2.34. The van der Waals surface area contributed by atoms with Crippen molar-refractivity contribution >= 4 is 11.4 Å². The number of anilines is 1. The minimum Gasteiger partial charge on any atom is -0.390 e. The van der Waals surface area contributed by atoms with E-state index in [9.17, 15) is 28.4 Å². The molecule has 1 aromatic rings. The standard InChI is InChI=1S/C12H16F3N3O3/c1-17(2)7-9(19)6-16-10-4-3-8(12(13,14)15)5-11(10)18(20)21/h3-5,9,16,19H,6-7H2,1-2H3/t9-/m0/s1. The number of benzene rings is 1. The van der Waals surface area contributed by atoms with Crippen molar-refractivity contribution in [2.45, 2.75) is 12.3 Å². The molecule has 0 saturated carbocycles. The first-order valence-corrected chi connectivity index (χ1v) is 6.03. The lowest BCUT2D eigenvalue weighted by Crippen LogP contribution is -2.31. The first kappa shape index (κ1) is 17.2. The number of likely N-dealkylation sites (N-methyl/N-ethyl adjacent to an activating group) is 1. The van der Waals surface area contributed by atoms with E-state index in [4.69, 9.17) is 0 Å². The molecule has 0 unspecified atom stereocenters. The van der Waals surface area contributed by atoms with Gasteiger partial charge in [-0.25, -0.2) is 0 Å². The van der Waals surface area contributed by atoms with Gasteiger partial charge in [-0.1, -0.05) is 0 Å². The maximum atomic E-state index is 12.5. The third-order valence-corrected chi connectivity index (χ3v) is 2.63. The van der Waals surface area contributed by atoms with E-state index in [1.54, 1.807) is 19.0 Å². The van der Waals surface area contributed by atoms with Crippen LogP contribution in [0.2, 0.25) is 0 Å². The van der Waals surface area contributed by atoms with Crippen LogP contribution in [0.4, 0.5) is 24.5 Å². The summed E-state index contributed by atoms with van der Waals surface area (Å²) in [6, 6.07) is 2.22. The Labute approximate surface area is 119 Å². The number of nitrogens with zero attached hydrogens (tertiary/aromatic N) is 2. The van der Waals surface area contributed by atoms with Crippen LogP contribution >= 0.6 is 0 Å². The maximum Gasteiger partial charge on any atom is 0.416 e. The smallest absolute Gasteiger partial charge is 0.390 e. The van der Waals surface area contributed by atoms with Crippen molar-refractivity contribution in [2.75, 3.05) is 32.5 Å².